The summed E-state index contributed by atoms with van der Waals surface area (Å²) in [6, 6.07) is 13.8. The molecule has 1 amide bonds. The van der Waals surface area contributed by atoms with Crippen molar-refractivity contribution in [2.45, 2.75) is 26.3 Å². The maximum Gasteiger partial charge on any atom is 0.258 e. The fourth-order valence-corrected chi connectivity index (χ4v) is 2.25. The van der Waals surface area contributed by atoms with Gasteiger partial charge in [0.15, 0.2) is 6.61 Å². The van der Waals surface area contributed by atoms with Crippen LogP contribution < -0.4 is 15.8 Å². The molecule has 2 aromatic rings. The highest BCUT2D eigenvalue weighted by Gasteiger charge is 2.28. The van der Waals surface area contributed by atoms with E-state index < -0.39 is 5.54 Å². The van der Waals surface area contributed by atoms with E-state index in [4.69, 9.17) is 10.5 Å². The lowest BCUT2D eigenvalue weighted by molar-refractivity contribution is -0.125. The average molecular weight is 337 g/mol. The van der Waals surface area contributed by atoms with Gasteiger partial charge in [-0.25, -0.2) is 0 Å². The van der Waals surface area contributed by atoms with Crippen LogP contribution in [0.2, 0.25) is 0 Å². The maximum atomic E-state index is 12.1. The summed E-state index contributed by atoms with van der Waals surface area (Å²) in [5.41, 5.74) is 5.36. The van der Waals surface area contributed by atoms with Crippen LogP contribution in [0.4, 0.5) is 0 Å². The van der Waals surface area contributed by atoms with E-state index in [1.807, 2.05) is 63.2 Å². The summed E-state index contributed by atoms with van der Waals surface area (Å²) in [7, 11) is 0. The Morgan fingerprint density at radius 3 is 2.52 bits per heavy atom. The molecule has 1 unspecified atom stereocenters. The van der Waals surface area contributed by atoms with Crippen molar-refractivity contribution in [3.8, 4) is 5.75 Å². The number of benzene rings is 2. The fraction of sp³-hybridized carbons (Fsp3) is 0.389. The van der Waals surface area contributed by atoms with Crippen molar-refractivity contribution >= 4 is 29.1 Å². The third kappa shape index (κ3) is 4.60. The number of rotatable bonds is 6. The Morgan fingerprint density at radius 2 is 1.87 bits per heavy atom. The maximum absolute atomic E-state index is 12.1. The smallest absolute Gasteiger partial charge is 0.258 e. The van der Waals surface area contributed by atoms with Crippen LogP contribution in [-0.2, 0) is 4.79 Å². The van der Waals surface area contributed by atoms with Crippen LogP contribution in [0.1, 0.15) is 20.8 Å². The molecule has 2 rings (SSSR count). The lowest BCUT2D eigenvalue weighted by atomic mass is 9.88. The molecule has 0 aliphatic heterocycles. The number of amides is 1. The van der Waals surface area contributed by atoms with E-state index >= 15 is 0 Å². The molecule has 0 heterocycles. The molecule has 1 atom stereocenters. The third-order valence-electron chi connectivity index (χ3n) is 4.23. The number of ether oxygens (including phenoxy) is 1. The number of halogens is 1. The highest BCUT2D eigenvalue weighted by molar-refractivity contribution is 5.88. The van der Waals surface area contributed by atoms with Crippen LogP contribution in [-0.4, -0.2) is 24.6 Å². The summed E-state index contributed by atoms with van der Waals surface area (Å²) in [5.74, 6) is 0.806. The molecule has 5 heteroatoms. The van der Waals surface area contributed by atoms with Crippen LogP contribution in [0.15, 0.2) is 42.5 Å². The standard InChI is InChI=1S/C18H24N2O2.ClH/c1-13(2)18(3,12-19)20-17(21)11-22-16-10-6-8-14-7-4-5-9-15(14)16;/h4-10,13H,11-12,19H2,1-3H3,(H,20,21);1H. The predicted molar refractivity (Wildman–Crippen MR) is 97.1 cm³/mol. The van der Waals surface area contributed by atoms with E-state index in [9.17, 15) is 4.79 Å². The second kappa shape index (κ2) is 8.18. The average Bonchev–Trinajstić information content (AvgIpc) is 2.52. The fourth-order valence-electron chi connectivity index (χ4n) is 2.25. The van der Waals surface area contributed by atoms with E-state index in [1.165, 1.54) is 0 Å². The number of hydrogen-bond acceptors (Lipinski definition) is 3. The lowest BCUT2D eigenvalue weighted by Crippen LogP contribution is -2.56. The Kier molecular flexibility index (Phi) is 6.85. The van der Waals surface area contributed by atoms with Crippen molar-refractivity contribution in [3.63, 3.8) is 0 Å². The zero-order chi connectivity index (χ0) is 16.2. The SMILES string of the molecule is CC(C)C(C)(CN)NC(=O)COc1cccc2ccccc12.Cl. The van der Waals surface area contributed by atoms with Crippen LogP contribution in [0.5, 0.6) is 5.75 Å². The summed E-state index contributed by atoms with van der Waals surface area (Å²) in [6.45, 7) is 6.41. The quantitative estimate of drug-likeness (QED) is 0.851. The van der Waals surface area contributed by atoms with Gasteiger partial charge in [-0.3, -0.25) is 4.79 Å². The van der Waals surface area contributed by atoms with Crippen LogP contribution in [0.3, 0.4) is 0 Å². The normalized spacial score (nSPS) is 13.3. The van der Waals surface area contributed by atoms with Gasteiger partial charge in [-0.2, -0.15) is 0 Å². The zero-order valence-corrected chi connectivity index (χ0v) is 14.7. The van der Waals surface area contributed by atoms with E-state index in [0.29, 0.717) is 12.3 Å². The van der Waals surface area contributed by atoms with Crippen molar-refractivity contribution in [1.29, 1.82) is 0 Å². The second-order valence-electron chi connectivity index (χ2n) is 6.09. The lowest BCUT2D eigenvalue weighted by Gasteiger charge is -2.33. The van der Waals surface area contributed by atoms with Gasteiger partial charge >= 0.3 is 0 Å². The molecule has 0 spiro atoms. The number of carbonyl (C=O) groups excluding carboxylic acids is 1. The first-order chi connectivity index (χ1) is 10.5. The molecule has 0 radical (unpaired) electrons. The van der Waals surface area contributed by atoms with Gasteiger partial charge in [0, 0.05) is 11.9 Å². The minimum absolute atomic E-state index is 0. The highest BCUT2D eigenvalue weighted by atomic mass is 35.5. The van der Waals surface area contributed by atoms with Crippen molar-refractivity contribution in [3.05, 3.63) is 42.5 Å². The minimum atomic E-state index is -0.417. The summed E-state index contributed by atoms with van der Waals surface area (Å²) in [5, 5.41) is 5.07. The molecule has 0 aliphatic carbocycles. The first-order valence-corrected chi connectivity index (χ1v) is 7.58. The molecule has 4 nitrogen and oxygen atoms in total. The largest absolute Gasteiger partial charge is 0.483 e. The molecule has 0 aromatic heterocycles. The molecule has 126 valence electrons. The summed E-state index contributed by atoms with van der Waals surface area (Å²) in [6.07, 6.45) is 0. The van der Waals surface area contributed by atoms with Gasteiger partial charge in [-0.1, -0.05) is 50.2 Å². The Balaban J connectivity index is 0.00000264. The van der Waals surface area contributed by atoms with Gasteiger partial charge in [0.25, 0.3) is 5.91 Å². The van der Waals surface area contributed by atoms with Gasteiger partial charge in [-0.15, -0.1) is 12.4 Å². The molecule has 3 N–H and O–H groups in total. The van der Waals surface area contributed by atoms with Crippen molar-refractivity contribution in [1.82, 2.24) is 5.32 Å². The Hall–Kier alpha value is -1.78. The van der Waals surface area contributed by atoms with Gasteiger partial charge in [0.05, 0.1) is 5.54 Å². The number of carbonyl (C=O) groups is 1. The molecular weight excluding hydrogens is 312 g/mol. The van der Waals surface area contributed by atoms with Crippen LogP contribution in [0, 0.1) is 5.92 Å². The van der Waals surface area contributed by atoms with Crippen molar-refractivity contribution in [2.75, 3.05) is 13.2 Å². The van der Waals surface area contributed by atoms with E-state index in [0.717, 1.165) is 10.8 Å². The molecule has 2 aromatic carbocycles. The number of nitrogens with two attached hydrogens (primary N) is 1. The second-order valence-corrected chi connectivity index (χ2v) is 6.09. The topological polar surface area (TPSA) is 64.3 Å². The van der Waals surface area contributed by atoms with Crippen LogP contribution in [0.25, 0.3) is 10.8 Å². The molecule has 23 heavy (non-hydrogen) atoms. The number of fused-ring (bicyclic) bond motifs is 1. The highest BCUT2D eigenvalue weighted by Crippen LogP contribution is 2.25. The Morgan fingerprint density at radius 1 is 1.22 bits per heavy atom. The Labute approximate surface area is 143 Å². The van der Waals surface area contributed by atoms with Crippen molar-refractivity contribution in [2.24, 2.45) is 11.7 Å². The Bertz CT molecular complexity index is 655. The van der Waals surface area contributed by atoms with Crippen molar-refractivity contribution < 1.29 is 9.53 Å². The monoisotopic (exact) mass is 336 g/mol. The minimum Gasteiger partial charge on any atom is -0.483 e. The first kappa shape index (κ1) is 19.3. The summed E-state index contributed by atoms with van der Waals surface area (Å²) >= 11 is 0. The molecule has 0 saturated heterocycles. The summed E-state index contributed by atoms with van der Waals surface area (Å²) < 4.78 is 5.70. The molecular formula is C18H25ClN2O2. The van der Waals surface area contributed by atoms with E-state index in [1.54, 1.807) is 0 Å². The van der Waals surface area contributed by atoms with Gasteiger partial charge in [-0.05, 0) is 24.3 Å². The molecule has 0 bridgehead atoms. The summed E-state index contributed by atoms with van der Waals surface area (Å²) in [4.78, 5) is 12.1. The molecule has 0 saturated carbocycles. The third-order valence-corrected chi connectivity index (χ3v) is 4.23. The number of hydrogen-bond donors (Lipinski definition) is 2. The van der Waals surface area contributed by atoms with Gasteiger partial charge in [0.2, 0.25) is 0 Å². The molecule has 0 fully saturated rings. The predicted octanol–water partition coefficient (Wildman–Crippen LogP) is 3.13. The number of nitrogens with one attached hydrogen (secondary N) is 1. The first-order valence-electron chi connectivity index (χ1n) is 7.58. The zero-order valence-electron chi connectivity index (χ0n) is 13.8. The van der Waals surface area contributed by atoms with E-state index in [2.05, 4.69) is 5.32 Å². The van der Waals surface area contributed by atoms with E-state index in [-0.39, 0.29) is 30.8 Å². The van der Waals surface area contributed by atoms with Gasteiger partial charge < -0.3 is 15.8 Å². The van der Waals surface area contributed by atoms with Gasteiger partial charge in [0.1, 0.15) is 5.75 Å². The molecule has 0 aliphatic rings. The van der Waals surface area contributed by atoms with Crippen LogP contribution >= 0.6 is 12.4 Å².